The second-order valence-corrected chi connectivity index (χ2v) is 8.71. The van der Waals surface area contributed by atoms with E-state index in [0.29, 0.717) is 22.7 Å². The van der Waals surface area contributed by atoms with E-state index in [2.05, 4.69) is 26.9 Å². The minimum absolute atomic E-state index is 0.0613. The molecule has 1 saturated heterocycles. The van der Waals surface area contributed by atoms with E-state index in [1.54, 1.807) is 41.7 Å². The zero-order valence-electron chi connectivity index (χ0n) is 18.2. The number of hydrogen-bond donors (Lipinski definition) is 1. The van der Waals surface area contributed by atoms with E-state index in [4.69, 9.17) is 10.2 Å². The molecule has 0 aliphatic carbocycles. The molecule has 4 aromatic heterocycles. The minimum atomic E-state index is -0.0613. The number of pyridine rings is 2. The molecule has 0 saturated carbocycles. The van der Waals surface area contributed by atoms with Gasteiger partial charge in [-0.2, -0.15) is 5.10 Å². The van der Waals surface area contributed by atoms with Crippen LogP contribution in [-0.4, -0.2) is 44.7 Å². The Morgan fingerprint density at radius 3 is 2.91 bits per heavy atom. The lowest BCUT2D eigenvalue weighted by molar-refractivity contribution is 0.0988. The summed E-state index contributed by atoms with van der Waals surface area (Å²) in [6.45, 7) is 3.91. The smallest absolute Gasteiger partial charge is 0.185 e. The molecule has 0 spiro atoms. The summed E-state index contributed by atoms with van der Waals surface area (Å²) in [7, 11) is 1.86. The number of carbonyl (C=O) groups is 1. The fourth-order valence-electron chi connectivity index (χ4n) is 4.56. The van der Waals surface area contributed by atoms with Gasteiger partial charge in [-0.15, -0.1) is 0 Å². The standard InChI is InChI=1S/C24H26N6O2/c1-15-7-18(25)13-30(11-15)21-5-6-26-9-16(21)8-22(31)20-3-4-23-24(28-20)19(14-32-23)17-10-27-29(2)12-17/h3-6,9-10,12,14-15,18H,7-8,11,13,25H2,1-2H3/t15-,18+/m1/s1. The van der Waals surface area contributed by atoms with Gasteiger partial charge in [-0.25, -0.2) is 4.98 Å². The fourth-order valence-corrected chi connectivity index (χ4v) is 4.56. The monoisotopic (exact) mass is 430 g/mol. The van der Waals surface area contributed by atoms with Crippen molar-refractivity contribution in [2.45, 2.75) is 25.8 Å². The molecule has 8 heteroatoms. The maximum Gasteiger partial charge on any atom is 0.185 e. The van der Waals surface area contributed by atoms with Gasteiger partial charge in [0.25, 0.3) is 0 Å². The topological polar surface area (TPSA) is 103 Å². The van der Waals surface area contributed by atoms with Gasteiger partial charge in [-0.05, 0) is 30.5 Å². The highest BCUT2D eigenvalue weighted by molar-refractivity contribution is 6.00. The molecule has 5 heterocycles. The van der Waals surface area contributed by atoms with E-state index < -0.39 is 0 Å². The van der Waals surface area contributed by atoms with Crippen molar-refractivity contribution in [1.29, 1.82) is 0 Å². The van der Waals surface area contributed by atoms with Gasteiger partial charge in [0.1, 0.15) is 17.5 Å². The molecule has 8 nitrogen and oxygen atoms in total. The van der Waals surface area contributed by atoms with Gasteiger partial charge in [0.15, 0.2) is 11.4 Å². The van der Waals surface area contributed by atoms with Crippen LogP contribution in [-0.2, 0) is 13.5 Å². The Morgan fingerprint density at radius 1 is 1.25 bits per heavy atom. The quantitative estimate of drug-likeness (QED) is 0.485. The summed E-state index contributed by atoms with van der Waals surface area (Å²) in [5.41, 5.74) is 11.6. The van der Waals surface area contributed by atoms with Crippen LogP contribution in [0.15, 0.2) is 53.7 Å². The van der Waals surface area contributed by atoms with Crippen LogP contribution in [0.5, 0.6) is 0 Å². The van der Waals surface area contributed by atoms with Crippen molar-refractivity contribution in [3.8, 4) is 11.1 Å². The number of rotatable bonds is 5. The lowest BCUT2D eigenvalue weighted by Crippen LogP contribution is -2.46. The van der Waals surface area contributed by atoms with Crippen LogP contribution >= 0.6 is 0 Å². The molecule has 1 aliphatic rings. The van der Waals surface area contributed by atoms with Crippen molar-refractivity contribution in [3.63, 3.8) is 0 Å². The molecule has 1 fully saturated rings. The van der Waals surface area contributed by atoms with Gasteiger partial charge in [-0.3, -0.25) is 14.5 Å². The van der Waals surface area contributed by atoms with E-state index in [0.717, 1.165) is 41.9 Å². The van der Waals surface area contributed by atoms with E-state index in [1.165, 1.54) is 0 Å². The summed E-state index contributed by atoms with van der Waals surface area (Å²) in [6.07, 6.45) is 10.1. The number of aryl methyl sites for hydroxylation is 1. The van der Waals surface area contributed by atoms with Gasteiger partial charge in [-0.1, -0.05) is 6.92 Å². The predicted octanol–water partition coefficient (Wildman–Crippen LogP) is 3.22. The molecule has 164 valence electrons. The summed E-state index contributed by atoms with van der Waals surface area (Å²) in [5.74, 6) is 0.445. The van der Waals surface area contributed by atoms with Crippen molar-refractivity contribution in [2.24, 2.45) is 18.7 Å². The number of nitrogens with two attached hydrogens (primary N) is 1. The third-order valence-corrected chi connectivity index (χ3v) is 5.98. The van der Waals surface area contributed by atoms with Crippen molar-refractivity contribution in [3.05, 3.63) is 60.5 Å². The van der Waals surface area contributed by atoms with E-state index in [1.807, 2.05) is 19.3 Å². The van der Waals surface area contributed by atoms with Crippen LogP contribution in [0.25, 0.3) is 22.2 Å². The Kier molecular flexibility index (Phi) is 5.22. The number of fused-ring (bicyclic) bond motifs is 1. The second kappa shape index (κ2) is 8.20. The highest BCUT2D eigenvalue weighted by Gasteiger charge is 2.25. The largest absolute Gasteiger partial charge is 0.462 e. The lowest BCUT2D eigenvalue weighted by Gasteiger charge is -2.37. The normalized spacial score (nSPS) is 18.9. The molecule has 0 bridgehead atoms. The number of ketones is 1. The zero-order valence-corrected chi connectivity index (χ0v) is 18.2. The fraction of sp³-hybridized carbons (Fsp3) is 0.333. The Labute approximate surface area is 186 Å². The van der Waals surface area contributed by atoms with Gasteiger partial charge in [0, 0.05) is 73.6 Å². The second-order valence-electron chi connectivity index (χ2n) is 8.71. The van der Waals surface area contributed by atoms with Crippen LogP contribution in [0.4, 0.5) is 5.69 Å². The molecule has 32 heavy (non-hydrogen) atoms. The molecule has 2 N–H and O–H groups in total. The van der Waals surface area contributed by atoms with Crippen LogP contribution in [0.2, 0.25) is 0 Å². The van der Waals surface area contributed by atoms with Crippen LogP contribution < -0.4 is 10.6 Å². The molecular formula is C24H26N6O2. The van der Waals surface area contributed by atoms with Crippen LogP contribution in [0, 0.1) is 5.92 Å². The highest BCUT2D eigenvalue weighted by Crippen LogP contribution is 2.30. The first-order valence-corrected chi connectivity index (χ1v) is 10.8. The molecule has 5 rings (SSSR count). The number of piperidine rings is 1. The third-order valence-electron chi connectivity index (χ3n) is 5.98. The number of carbonyl (C=O) groups excluding carboxylic acids is 1. The summed E-state index contributed by atoms with van der Waals surface area (Å²) in [4.78, 5) is 24.4. The first kappa shape index (κ1) is 20.4. The van der Waals surface area contributed by atoms with Crippen molar-refractivity contribution >= 4 is 22.6 Å². The molecule has 0 aromatic carbocycles. The number of aromatic nitrogens is 4. The Hall–Kier alpha value is -3.52. The summed E-state index contributed by atoms with van der Waals surface area (Å²) in [5, 5.41) is 4.22. The Balaban J connectivity index is 1.43. The van der Waals surface area contributed by atoms with Gasteiger partial charge in [0.05, 0.1) is 6.20 Å². The molecule has 0 radical (unpaired) electrons. The number of nitrogens with zero attached hydrogens (tertiary/aromatic N) is 5. The van der Waals surface area contributed by atoms with Crippen molar-refractivity contribution in [2.75, 3.05) is 18.0 Å². The van der Waals surface area contributed by atoms with Gasteiger partial charge >= 0.3 is 0 Å². The molecule has 2 atom stereocenters. The first-order valence-electron chi connectivity index (χ1n) is 10.8. The van der Waals surface area contributed by atoms with Crippen molar-refractivity contribution in [1.82, 2.24) is 19.7 Å². The number of hydrogen-bond acceptors (Lipinski definition) is 7. The SMILES string of the molecule is C[C@@H]1C[C@H](N)CN(c2ccncc2CC(=O)c2ccc3occ(-c4cnn(C)c4)c3n2)C1. The Morgan fingerprint density at radius 2 is 2.12 bits per heavy atom. The zero-order chi connectivity index (χ0) is 22.2. The van der Waals surface area contributed by atoms with Crippen molar-refractivity contribution < 1.29 is 9.21 Å². The van der Waals surface area contributed by atoms with Crippen LogP contribution in [0.3, 0.4) is 0 Å². The van der Waals surface area contributed by atoms with E-state index in [9.17, 15) is 4.79 Å². The first-order chi connectivity index (χ1) is 15.5. The average Bonchev–Trinajstić information content (AvgIpc) is 3.38. The van der Waals surface area contributed by atoms with Gasteiger partial charge in [0.2, 0.25) is 0 Å². The van der Waals surface area contributed by atoms with E-state index >= 15 is 0 Å². The van der Waals surface area contributed by atoms with E-state index in [-0.39, 0.29) is 18.2 Å². The molecular weight excluding hydrogens is 404 g/mol. The third kappa shape index (κ3) is 3.89. The molecule has 0 unspecified atom stereocenters. The number of anilines is 1. The maximum atomic E-state index is 13.2. The average molecular weight is 431 g/mol. The van der Waals surface area contributed by atoms with Gasteiger partial charge < -0.3 is 15.1 Å². The minimum Gasteiger partial charge on any atom is -0.462 e. The van der Waals surface area contributed by atoms with Crippen LogP contribution in [0.1, 0.15) is 29.4 Å². The molecule has 0 amide bonds. The maximum absolute atomic E-state index is 13.2. The summed E-state index contributed by atoms with van der Waals surface area (Å²) < 4.78 is 7.37. The number of Topliss-reactive ketones (excluding diaryl/α,β-unsaturated/α-hetero) is 1. The molecule has 4 aromatic rings. The summed E-state index contributed by atoms with van der Waals surface area (Å²) in [6, 6.07) is 5.62. The Bertz CT molecular complexity index is 1270. The predicted molar refractivity (Wildman–Crippen MR) is 122 cm³/mol. The number of furan rings is 1. The lowest BCUT2D eigenvalue weighted by atomic mass is 9.95. The molecule has 1 aliphatic heterocycles. The highest BCUT2D eigenvalue weighted by atomic mass is 16.3. The summed E-state index contributed by atoms with van der Waals surface area (Å²) >= 11 is 0.